The van der Waals surface area contributed by atoms with Gasteiger partial charge in [0, 0.05) is 22.6 Å². The first kappa shape index (κ1) is 14.5. The van der Waals surface area contributed by atoms with Crippen molar-refractivity contribution in [2.45, 2.75) is 32.2 Å². The summed E-state index contributed by atoms with van der Waals surface area (Å²) >= 11 is 3.41. The SMILES string of the molecule is CCCN(C(=O)c1ccc(Br)cc1)C1CCNCC1. The molecule has 0 saturated carbocycles. The molecule has 19 heavy (non-hydrogen) atoms. The van der Waals surface area contributed by atoms with Gasteiger partial charge in [-0.15, -0.1) is 0 Å². The molecule has 1 amide bonds. The number of carbonyl (C=O) groups excluding carboxylic acids is 1. The number of halogens is 1. The van der Waals surface area contributed by atoms with Crippen molar-refractivity contribution in [1.29, 1.82) is 0 Å². The number of piperidine rings is 1. The van der Waals surface area contributed by atoms with Crippen molar-refractivity contribution in [1.82, 2.24) is 10.2 Å². The van der Waals surface area contributed by atoms with Crippen molar-refractivity contribution in [3.8, 4) is 0 Å². The van der Waals surface area contributed by atoms with Crippen LogP contribution >= 0.6 is 15.9 Å². The van der Waals surface area contributed by atoms with Crippen LogP contribution in [0.1, 0.15) is 36.5 Å². The van der Waals surface area contributed by atoms with Crippen molar-refractivity contribution >= 4 is 21.8 Å². The molecule has 1 heterocycles. The van der Waals surface area contributed by atoms with Crippen molar-refractivity contribution < 1.29 is 4.79 Å². The van der Waals surface area contributed by atoms with Crippen LogP contribution in [0.2, 0.25) is 0 Å². The molecular weight excluding hydrogens is 304 g/mol. The summed E-state index contributed by atoms with van der Waals surface area (Å²) in [6.45, 7) is 5.00. The van der Waals surface area contributed by atoms with E-state index in [0.717, 1.165) is 48.9 Å². The Labute approximate surface area is 123 Å². The van der Waals surface area contributed by atoms with Crippen LogP contribution in [0.3, 0.4) is 0 Å². The van der Waals surface area contributed by atoms with Crippen LogP contribution in [0.5, 0.6) is 0 Å². The van der Waals surface area contributed by atoms with E-state index in [0.29, 0.717) is 6.04 Å². The molecule has 1 aromatic carbocycles. The van der Waals surface area contributed by atoms with Gasteiger partial charge in [-0.05, 0) is 56.6 Å². The van der Waals surface area contributed by atoms with E-state index in [4.69, 9.17) is 0 Å². The zero-order valence-electron chi connectivity index (χ0n) is 11.4. The maximum absolute atomic E-state index is 12.6. The molecule has 0 atom stereocenters. The number of amides is 1. The molecule has 1 aliphatic rings. The standard InChI is InChI=1S/C15H21BrN2O/c1-2-11-18(14-7-9-17-10-8-14)15(19)12-3-5-13(16)6-4-12/h3-6,14,17H,2,7-11H2,1H3. The van der Waals surface area contributed by atoms with Gasteiger partial charge in [-0.25, -0.2) is 0 Å². The molecule has 0 aromatic heterocycles. The van der Waals surface area contributed by atoms with E-state index in [9.17, 15) is 4.79 Å². The summed E-state index contributed by atoms with van der Waals surface area (Å²) in [4.78, 5) is 14.7. The van der Waals surface area contributed by atoms with Gasteiger partial charge in [0.15, 0.2) is 0 Å². The van der Waals surface area contributed by atoms with Crippen LogP contribution in [0.25, 0.3) is 0 Å². The lowest BCUT2D eigenvalue weighted by Gasteiger charge is -2.34. The third-order valence-electron chi connectivity index (χ3n) is 3.57. The smallest absolute Gasteiger partial charge is 0.254 e. The highest BCUT2D eigenvalue weighted by Gasteiger charge is 2.25. The summed E-state index contributed by atoms with van der Waals surface area (Å²) in [5.41, 5.74) is 0.787. The van der Waals surface area contributed by atoms with Gasteiger partial charge in [0.2, 0.25) is 0 Å². The van der Waals surface area contributed by atoms with Gasteiger partial charge in [-0.2, -0.15) is 0 Å². The molecule has 0 bridgehead atoms. The number of benzene rings is 1. The average molecular weight is 325 g/mol. The molecule has 0 spiro atoms. The van der Waals surface area contributed by atoms with E-state index >= 15 is 0 Å². The molecule has 1 fully saturated rings. The molecule has 0 aliphatic carbocycles. The first-order valence-corrected chi connectivity index (χ1v) is 7.79. The Morgan fingerprint density at radius 3 is 2.53 bits per heavy atom. The predicted octanol–water partition coefficient (Wildman–Crippen LogP) is 3.05. The largest absolute Gasteiger partial charge is 0.336 e. The predicted molar refractivity (Wildman–Crippen MR) is 81.4 cm³/mol. The average Bonchev–Trinajstić information content (AvgIpc) is 2.46. The molecule has 3 nitrogen and oxygen atoms in total. The van der Waals surface area contributed by atoms with Crippen molar-refractivity contribution in [2.75, 3.05) is 19.6 Å². The van der Waals surface area contributed by atoms with Gasteiger partial charge in [0.05, 0.1) is 0 Å². The maximum atomic E-state index is 12.6. The van der Waals surface area contributed by atoms with Crippen LogP contribution in [0.4, 0.5) is 0 Å². The van der Waals surface area contributed by atoms with Gasteiger partial charge < -0.3 is 10.2 Å². The molecule has 104 valence electrons. The Morgan fingerprint density at radius 1 is 1.32 bits per heavy atom. The Hall–Kier alpha value is -0.870. The Balaban J connectivity index is 2.13. The number of rotatable bonds is 4. The fraction of sp³-hybridized carbons (Fsp3) is 0.533. The third-order valence-corrected chi connectivity index (χ3v) is 4.09. The van der Waals surface area contributed by atoms with E-state index in [1.54, 1.807) is 0 Å². The molecule has 1 saturated heterocycles. The summed E-state index contributed by atoms with van der Waals surface area (Å²) in [6.07, 6.45) is 3.12. The first-order valence-electron chi connectivity index (χ1n) is 6.99. The summed E-state index contributed by atoms with van der Waals surface area (Å²) in [5, 5.41) is 3.35. The molecule has 0 unspecified atom stereocenters. The number of nitrogens with zero attached hydrogens (tertiary/aromatic N) is 1. The molecule has 1 N–H and O–H groups in total. The lowest BCUT2D eigenvalue weighted by atomic mass is 10.0. The summed E-state index contributed by atoms with van der Waals surface area (Å²) in [6, 6.07) is 8.05. The third kappa shape index (κ3) is 3.80. The highest BCUT2D eigenvalue weighted by Crippen LogP contribution is 2.18. The van der Waals surface area contributed by atoms with Crippen LogP contribution in [0, 0.1) is 0 Å². The number of hydrogen-bond acceptors (Lipinski definition) is 2. The van der Waals surface area contributed by atoms with Crippen LogP contribution < -0.4 is 5.32 Å². The van der Waals surface area contributed by atoms with E-state index in [-0.39, 0.29) is 5.91 Å². The minimum atomic E-state index is 0.168. The maximum Gasteiger partial charge on any atom is 0.254 e. The zero-order chi connectivity index (χ0) is 13.7. The fourth-order valence-corrected chi connectivity index (χ4v) is 2.83. The second kappa shape index (κ2) is 7.06. The van der Waals surface area contributed by atoms with Gasteiger partial charge in [0.1, 0.15) is 0 Å². The molecule has 2 rings (SSSR count). The highest BCUT2D eigenvalue weighted by molar-refractivity contribution is 9.10. The van der Waals surface area contributed by atoms with Gasteiger partial charge in [-0.3, -0.25) is 4.79 Å². The zero-order valence-corrected chi connectivity index (χ0v) is 12.9. The van der Waals surface area contributed by atoms with Crippen LogP contribution in [-0.4, -0.2) is 36.5 Å². The Kier molecular flexibility index (Phi) is 5.40. The molecule has 1 aromatic rings. The van der Waals surface area contributed by atoms with Gasteiger partial charge >= 0.3 is 0 Å². The summed E-state index contributed by atoms with van der Waals surface area (Å²) in [5.74, 6) is 0.168. The minimum absolute atomic E-state index is 0.168. The molecule has 1 aliphatic heterocycles. The molecule has 4 heteroatoms. The van der Waals surface area contributed by atoms with E-state index < -0.39 is 0 Å². The monoisotopic (exact) mass is 324 g/mol. The van der Waals surface area contributed by atoms with E-state index in [2.05, 4.69) is 33.1 Å². The Bertz CT molecular complexity index is 413. The second-order valence-electron chi connectivity index (χ2n) is 4.99. The number of carbonyl (C=O) groups is 1. The van der Waals surface area contributed by atoms with Crippen LogP contribution in [0.15, 0.2) is 28.7 Å². The summed E-state index contributed by atoms with van der Waals surface area (Å²) < 4.78 is 1.01. The minimum Gasteiger partial charge on any atom is -0.336 e. The van der Waals surface area contributed by atoms with Crippen molar-refractivity contribution in [2.24, 2.45) is 0 Å². The fourth-order valence-electron chi connectivity index (χ4n) is 2.57. The highest BCUT2D eigenvalue weighted by atomic mass is 79.9. The quantitative estimate of drug-likeness (QED) is 0.923. The molecular formula is C15H21BrN2O. The number of nitrogens with one attached hydrogen (secondary N) is 1. The topological polar surface area (TPSA) is 32.3 Å². The first-order chi connectivity index (χ1) is 9.22. The van der Waals surface area contributed by atoms with Crippen molar-refractivity contribution in [3.63, 3.8) is 0 Å². The van der Waals surface area contributed by atoms with Gasteiger partial charge in [0.25, 0.3) is 5.91 Å². The normalized spacial score (nSPS) is 16.3. The number of hydrogen-bond donors (Lipinski definition) is 1. The van der Waals surface area contributed by atoms with E-state index in [1.165, 1.54) is 0 Å². The second-order valence-corrected chi connectivity index (χ2v) is 5.90. The van der Waals surface area contributed by atoms with E-state index in [1.807, 2.05) is 24.3 Å². The lowest BCUT2D eigenvalue weighted by Crippen LogP contribution is -2.46. The molecule has 0 radical (unpaired) electrons. The van der Waals surface area contributed by atoms with Crippen LogP contribution in [-0.2, 0) is 0 Å². The Morgan fingerprint density at radius 2 is 1.95 bits per heavy atom. The summed E-state index contributed by atoms with van der Waals surface area (Å²) in [7, 11) is 0. The van der Waals surface area contributed by atoms with Gasteiger partial charge in [-0.1, -0.05) is 22.9 Å². The lowest BCUT2D eigenvalue weighted by molar-refractivity contribution is 0.0642. The van der Waals surface area contributed by atoms with Crippen molar-refractivity contribution in [3.05, 3.63) is 34.3 Å².